The van der Waals surface area contributed by atoms with Gasteiger partial charge in [-0.1, -0.05) is 45.6 Å². The number of aromatic hydroxyl groups is 1. The smallest absolute Gasteiger partial charge is 0.116 e. The van der Waals surface area contributed by atoms with E-state index in [1.807, 2.05) is 12.1 Å². The van der Waals surface area contributed by atoms with Gasteiger partial charge in [-0.05, 0) is 48.9 Å². The maximum absolute atomic E-state index is 9.71. The van der Waals surface area contributed by atoms with Crippen molar-refractivity contribution >= 4 is 0 Å². The van der Waals surface area contributed by atoms with Crippen LogP contribution in [0, 0.1) is 0 Å². The summed E-state index contributed by atoms with van der Waals surface area (Å²) in [5.41, 5.74) is 2.59. The van der Waals surface area contributed by atoms with Crippen LogP contribution in [0.3, 0.4) is 0 Å². The van der Waals surface area contributed by atoms with E-state index in [-0.39, 0.29) is 21.7 Å². The van der Waals surface area contributed by atoms with Crippen molar-refractivity contribution in [1.82, 2.24) is 0 Å². The molecule has 0 bridgehead atoms. The van der Waals surface area contributed by atoms with Crippen molar-refractivity contribution in [3.05, 3.63) is 29.3 Å². The zero-order chi connectivity index (χ0) is 12.5. The second kappa shape index (κ2) is 10.6. The van der Waals surface area contributed by atoms with Gasteiger partial charge >= 0.3 is 0 Å². The van der Waals surface area contributed by atoms with Crippen LogP contribution in [0.5, 0.6) is 5.75 Å². The molecule has 0 heterocycles. The van der Waals surface area contributed by atoms with Gasteiger partial charge in [0, 0.05) is 21.7 Å². The Morgan fingerprint density at radius 3 is 1.61 bits per heavy atom. The molecule has 0 aromatic heterocycles. The minimum absolute atomic E-state index is 0. The zero-order valence-electron chi connectivity index (χ0n) is 11.8. The first kappa shape index (κ1) is 17.7. The molecule has 0 amide bonds. The third-order valence-electron chi connectivity index (χ3n) is 3.18. The fourth-order valence-corrected chi connectivity index (χ4v) is 2.19. The van der Waals surface area contributed by atoms with Crippen molar-refractivity contribution < 1.29 is 26.8 Å². The molecular weight excluding hydrogens is 256 g/mol. The fourth-order valence-electron chi connectivity index (χ4n) is 2.19. The van der Waals surface area contributed by atoms with Crippen molar-refractivity contribution in [2.24, 2.45) is 0 Å². The summed E-state index contributed by atoms with van der Waals surface area (Å²) in [6.07, 6.45) is 9.72. The van der Waals surface area contributed by atoms with Crippen LogP contribution in [0.2, 0.25) is 0 Å². The number of unbranched alkanes of at least 4 members (excludes halogenated alkanes) is 4. The van der Waals surface area contributed by atoms with Gasteiger partial charge in [0.25, 0.3) is 0 Å². The molecule has 2 heteroatoms. The molecule has 0 saturated heterocycles. The van der Waals surface area contributed by atoms with Crippen molar-refractivity contribution in [1.29, 1.82) is 0 Å². The molecule has 0 saturated carbocycles. The first-order valence-electron chi connectivity index (χ1n) is 7.08. The summed E-state index contributed by atoms with van der Waals surface area (Å²) in [4.78, 5) is 0. The normalized spacial score (nSPS) is 10.1. The predicted molar refractivity (Wildman–Crippen MR) is 74.6 cm³/mol. The molecule has 18 heavy (non-hydrogen) atoms. The molecule has 0 aliphatic carbocycles. The topological polar surface area (TPSA) is 20.2 Å². The van der Waals surface area contributed by atoms with Crippen LogP contribution in [0.15, 0.2) is 18.2 Å². The van der Waals surface area contributed by atoms with E-state index in [1.165, 1.54) is 49.7 Å². The first-order chi connectivity index (χ1) is 8.26. The van der Waals surface area contributed by atoms with Gasteiger partial charge in [-0.15, -0.1) is 0 Å². The van der Waals surface area contributed by atoms with Crippen molar-refractivity contribution in [3.63, 3.8) is 0 Å². The van der Waals surface area contributed by atoms with E-state index >= 15 is 0 Å². The van der Waals surface area contributed by atoms with Gasteiger partial charge in [-0.25, -0.2) is 0 Å². The predicted octanol–water partition coefficient (Wildman–Crippen LogP) is 4.86. The third kappa shape index (κ3) is 7.23. The minimum atomic E-state index is 0. The fraction of sp³-hybridized carbons (Fsp3) is 0.625. The number of hydrogen-bond donors (Lipinski definition) is 1. The van der Waals surface area contributed by atoms with Crippen LogP contribution in [-0.2, 0) is 34.6 Å². The summed E-state index contributed by atoms with van der Waals surface area (Å²) >= 11 is 0. The van der Waals surface area contributed by atoms with Crippen molar-refractivity contribution in [2.45, 2.75) is 65.2 Å². The van der Waals surface area contributed by atoms with Crippen molar-refractivity contribution in [2.75, 3.05) is 0 Å². The summed E-state index contributed by atoms with van der Waals surface area (Å²) in [7, 11) is 0. The first-order valence-corrected chi connectivity index (χ1v) is 7.08. The summed E-state index contributed by atoms with van der Waals surface area (Å²) in [6, 6.07) is 6.10. The quantitative estimate of drug-likeness (QED) is 0.533. The molecule has 0 unspecified atom stereocenters. The number of hydrogen-bond acceptors (Lipinski definition) is 1. The Labute approximate surface area is 127 Å². The standard InChI is InChI=1S/C16H26O.Ti/c1-3-5-7-9-14-11-15(10-8-6-4-2)13-16(17)12-14;/h11-13,17H,3-10H2,1-2H3;. The van der Waals surface area contributed by atoms with E-state index < -0.39 is 0 Å². The number of phenols is 1. The van der Waals surface area contributed by atoms with E-state index in [9.17, 15) is 5.11 Å². The van der Waals surface area contributed by atoms with Crippen LogP contribution in [0.25, 0.3) is 0 Å². The van der Waals surface area contributed by atoms with E-state index in [0.29, 0.717) is 5.75 Å². The number of phenolic OH excluding ortho intramolecular Hbond substituents is 1. The Bertz CT molecular complexity index is 295. The monoisotopic (exact) mass is 282 g/mol. The van der Waals surface area contributed by atoms with Gasteiger partial charge in [0.05, 0.1) is 0 Å². The van der Waals surface area contributed by atoms with Crippen LogP contribution >= 0.6 is 0 Å². The average molecular weight is 282 g/mol. The maximum atomic E-state index is 9.71. The summed E-state index contributed by atoms with van der Waals surface area (Å²) in [6.45, 7) is 4.44. The summed E-state index contributed by atoms with van der Waals surface area (Å²) in [5.74, 6) is 0.436. The molecule has 0 atom stereocenters. The average Bonchev–Trinajstić information content (AvgIpc) is 2.29. The van der Waals surface area contributed by atoms with Crippen LogP contribution in [0.4, 0.5) is 0 Å². The molecule has 0 radical (unpaired) electrons. The molecule has 0 fully saturated rings. The zero-order valence-corrected chi connectivity index (χ0v) is 13.4. The van der Waals surface area contributed by atoms with E-state index in [0.717, 1.165) is 12.8 Å². The number of benzene rings is 1. The summed E-state index contributed by atoms with van der Waals surface area (Å²) < 4.78 is 0. The Morgan fingerprint density at radius 1 is 0.778 bits per heavy atom. The molecule has 1 N–H and O–H groups in total. The second-order valence-corrected chi connectivity index (χ2v) is 4.92. The molecule has 1 aromatic rings. The van der Waals surface area contributed by atoms with Gasteiger partial charge in [-0.2, -0.15) is 0 Å². The molecule has 1 rings (SSSR count). The Morgan fingerprint density at radius 2 is 1.22 bits per heavy atom. The molecular formula is C16H26OTi. The number of rotatable bonds is 8. The SMILES string of the molecule is CCCCCc1cc(O)cc(CCCCC)c1.[Ti]. The summed E-state index contributed by atoms with van der Waals surface area (Å²) in [5, 5.41) is 9.71. The molecule has 0 aliphatic rings. The Hall–Kier alpha value is -0.266. The maximum Gasteiger partial charge on any atom is 0.116 e. The van der Waals surface area contributed by atoms with Crippen molar-refractivity contribution in [3.8, 4) is 5.75 Å². The van der Waals surface area contributed by atoms with Gasteiger partial charge < -0.3 is 5.11 Å². The van der Waals surface area contributed by atoms with E-state index in [4.69, 9.17) is 0 Å². The van der Waals surface area contributed by atoms with Crippen LogP contribution in [-0.4, -0.2) is 5.11 Å². The molecule has 0 aliphatic heterocycles. The molecule has 0 spiro atoms. The van der Waals surface area contributed by atoms with Crippen LogP contribution < -0.4 is 0 Å². The number of aryl methyl sites for hydroxylation is 2. The molecule has 1 nitrogen and oxygen atoms in total. The van der Waals surface area contributed by atoms with Gasteiger partial charge in [0.2, 0.25) is 0 Å². The Kier molecular flexibility index (Phi) is 10.5. The van der Waals surface area contributed by atoms with Gasteiger partial charge in [0.1, 0.15) is 5.75 Å². The second-order valence-electron chi connectivity index (χ2n) is 4.92. The van der Waals surface area contributed by atoms with E-state index in [1.54, 1.807) is 0 Å². The molecule has 1 aromatic carbocycles. The van der Waals surface area contributed by atoms with Gasteiger partial charge in [-0.3, -0.25) is 0 Å². The minimum Gasteiger partial charge on any atom is -0.508 e. The third-order valence-corrected chi connectivity index (χ3v) is 3.18. The molecule has 100 valence electrons. The van der Waals surface area contributed by atoms with Gasteiger partial charge in [0.15, 0.2) is 0 Å². The Balaban J connectivity index is 0.00000289. The largest absolute Gasteiger partial charge is 0.508 e. The van der Waals surface area contributed by atoms with Crippen LogP contribution in [0.1, 0.15) is 63.5 Å². The van der Waals surface area contributed by atoms with E-state index in [2.05, 4.69) is 19.9 Å².